The van der Waals surface area contributed by atoms with Crippen molar-refractivity contribution in [2.24, 2.45) is 0 Å². The van der Waals surface area contributed by atoms with Gasteiger partial charge in [0.25, 0.3) is 5.78 Å². The quantitative estimate of drug-likeness (QED) is 0.0597. The summed E-state index contributed by atoms with van der Waals surface area (Å²) in [5, 5.41) is 20.7. The highest BCUT2D eigenvalue weighted by molar-refractivity contribution is 8.00. The third kappa shape index (κ3) is 5.96. The summed E-state index contributed by atoms with van der Waals surface area (Å²) in [6, 6.07) is 26.5. The number of aryl methyl sites for hydroxylation is 1. The summed E-state index contributed by atoms with van der Waals surface area (Å²) in [4.78, 5) is 28.4. The van der Waals surface area contributed by atoms with Crippen molar-refractivity contribution in [3.05, 3.63) is 136 Å². The molecule has 4 aromatic carbocycles. The van der Waals surface area contributed by atoms with Gasteiger partial charge >= 0.3 is 5.91 Å². The standard InChI is InChI=1S/C33H23ClFN3O4S2/c1-19-14-15-21(17-26(19)35)29(39)27-28(20-9-7-12-24(16-20)42-23-10-3-2-4-11-23)38(31(41)30(27)40)32-36-37-33(44-32)43-18-22-8-5-6-13-25(22)34/h2-17,28,39H,18H2,1H3/b29-27-. The van der Waals surface area contributed by atoms with Crippen LogP contribution in [0.5, 0.6) is 11.5 Å². The molecule has 7 nitrogen and oxygen atoms in total. The maximum Gasteiger partial charge on any atom is 0.301 e. The molecule has 5 aromatic rings. The lowest BCUT2D eigenvalue weighted by Gasteiger charge is -2.23. The van der Waals surface area contributed by atoms with E-state index in [4.69, 9.17) is 16.3 Å². The van der Waals surface area contributed by atoms with Gasteiger partial charge in [0.15, 0.2) is 4.34 Å². The van der Waals surface area contributed by atoms with Crippen molar-refractivity contribution in [3.8, 4) is 11.5 Å². The van der Waals surface area contributed by atoms with E-state index in [0.29, 0.717) is 37.7 Å². The van der Waals surface area contributed by atoms with Crippen LogP contribution in [0.3, 0.4) is 0 Å². The highest BCUT2D eigenvalue weighted by atomic mass is 35.5. The number of aliphatic hydroxyl groups is 1. The van der Waals surface area contributed by atoms with Gasteiger partial charge in [-0.1, -0.05) is 95.4 Å². The van der Waals surface area contributed by atoms with Crippen LogP contribution < -0.4 is 9.64 Å². The number of hydrogen-bond donors (Lipinski definition) is 1. The van der Waals surface area contributed by atoms with E-state index in [1.54, 1.807) is 49.4 Å². The molecule has 1 N–H and O–H groups in total. The minimum absolute atomic E-state index is 0.0704. The summed E-state index contributed by atoms with van der Waals surface area (Å²) in [7, 11) is 0. The van der Waals surface area contributed by atoms with E-state index in [1.807, 2.05) is 36.4 Å². The molecule has 0 radical (unpaired) electrons. The number of carbonyl (C=O) groups excluding carboxylic acids is 2. The van der Waals surface area contributed by atoms with Crippen molar-refractivity contribution in [1.82, 2.24) is 10.2 Å². The van der Waals surface area contributed by atoms with Crippen LogP contribution >= 0.6 is 34.7 Å². The van der Waals surface area contributed by atoms with Crippen molar-refractivity contribution in [2.45, 2.75) is 23.1 Å². The van der Waals surface area contributed by atoms with Gasteiger partial charge < -0.3 is 9.84 Å². The smallest absolute Gasteiger partial charge is 0.301 e. The molecule has 1 saturated heterocycles. The van der Waals surface area contributed by atoms with Gasteiger partial charge in [0.05, 0.1) is 11.6 Å². The molecule has 0 bridgehead atoms. The molecule has 11 heteroatoms. The SMILES string of the molecule is Cc1ccc(/C(O)=C2/C(=O)C(=O)N(c3nnc(SCc4ccccc4Cl)s3)C2c2cccc(Oc3ccccc3)c2)cc1F. The number of amides is 1. The van der Waals surface area contributed by atoms with Crippen LogP contribution in [0.4, 0.5) is 9.52 Å². The van der Waals surface area contributed by atoms with Gasteiger partial charge in [-0.15, -0.1) is 10.2 Å². The lowest BCUT2D eigenvalue weighted by molar-refractivity contribution is -0.132. The van der Waals surface area contributed by atoms with Crippen LogP contribution in [-0.2, 0) is 15.3 Å². The number of Topliss-reactive ketones (excluding diaryl/α,β-unsaturated/α-hetero) is 1. The van der Waals surface area contributed by atoms with Gasteiger partial charge in [0.1, 0.15) is 23.1 Å². The minimum atomic E-state index is -1.09. The Bertz CT molecular complexity index is 1910. The second-order valence-corrected chi connectivity index (χ2v) is 12.4. The first-order valence-electron chi connectivity index (χ1n) is 13.4. The molecule has 1 amide bonds. The molecule has 0 saturated carbocycles. The maximum absolute atomic E-state index is 14.5. The number of nitrogens with zero attached hydrogens (tertiary/aromatic N) is 3. The Morgan fingerprint density at radius 2 is 1.73 bits per heavy atom. The Labute approximate surface area is 265 Å². The lowest BCUT2D eigenvalue weighted by atomic mass is 9.95. The number of carbonyl (C=O) groups is 2. The minimum Gasteiger partial charge on any atom is -0.507 e. The maximum atomic E-state index is 14.5. The Kier molecular flexibility index (Phi) is 8.47. The largest absolute Gasteiger partial charge is 0.507 e. The number of ether oxygens (including phenoxy) is 1. The molecule has 6 rings (SSSR count). The normalized spacial score (nSPS) is 16.0. The fourth-order valence-electron chi connectivity index (χ4n) is 4.73. The van der Waals surface area contributed by atoms with Crippen LogP contribution in [0, 0.1) is 12.7 Å². The molecule has 1 aromatic heterocycles. The molecule has 0 aliphatic carbocycles. The second kappa shape index (κ2) is 12.6. The first-order valence-corrected chi connectivity index (χ1v) is 15.6. The fraction of sp³-hybridized carbons (Fsp3) is 0.0909. The van der Waals surface area contributed by atoms with Gasteiger partial charge in [0, 0.05) is 16.3 Å². The second-order valence-electron chi connectivity index (χ2n) is 9.85. The molecule has 44 heavy (non-hydrogen) atoms. The Morgan fingerprint density at radius 3 is 2.50 bits per heavy atom. The first kappa shape index (κ1) is 29.6. The molecule has 1 aliphatic rings. The zero-order valence-corrected chi connectivity index (χ0v) is 25.5. The topological polar surface area (TPSA) is 92.6 Å². The van der Waals surface area contributed by atoms with Crippen LogP contribution in [0.15, 0.2) is 107 Å². The number of ketones is 1. The van der Waals surface area contributed by atoms with Gasteiger partial charge in [0.2, 0.25) is 5.13 Å². The summed E-state index contributed by atoms with van der Waals surface area (Å²) in [5.41, 5.74) is 1.64. The Morgan fingerprint density at radius 1 is 0.977 bits per heavy atom. The van der Waals surface area contributed by atoms with Gasteiger partial charge in [-0.05, 0) is 60.0 Å². The summed E-state index contributed by atoms with van der Waals surface area (Å²) in [6.45, 7) is 1.59. The predicted molar refractivity (Wildman–Crippen MR) is 170 cm³/mol. The highest BCUT2D eigenvalue weighted by Crippen LogP contribution is 2.45. The molecule has 1 unspecified atom stereocenters. The van der Waals surface area contributed by atoms with Crippen LogP contribution in [0.25, 0.3) is 5.76 Å². The van der Waals surface area contributed by atoms with E-state index >= 15 is 0 Å². The highest BCUT2D eigenvalue weighted by Gasteiger charge is 2.48. The monoisotopic (exact) mass is 643 g/mol. The van der Waals surface area contributed by atoms with Crippen molar-refractivity contribution in [3.63, 3.8) is 0 Å². The van der Waals surface area contributed by atoms with Gasteiger partial charge in [-0.25, -0.2) is 4.39 Å². The number of thioether (sulfide) groups is 1. The number of aliphatic hydroxyl groups excluding tert-OH is 1. The fourth-order valence-corrected chi connectivity index (χ4v) is 6.88. The molecular weight excluding hydrogens is 621 g/mol. The number of benzene rings is 4. The zero-order chi connectivity index (χ0) is 30.8. The lowest BCUT2D eigenvalue weighted by Crippen LogP contribution is -2.29. The van der Waals surface area contributed by atoms with Gasteiger partial charge in [-0.3, -0.25) is 14.5 Å². The number of aromatic nitrogens is 2. The number of anilines is 1. The van der Waals surface area contributed by atoms with E-state index in [2.05, 4.69) is 10.2 Å². The molecule has 220 valence electrons. The summed E-state index contributed by atoms with van der Waals surface area (Å²) >= 11 is 8.83. The molecular formula is C33H23ClFN3O4S2. The van der Waals surface area contributed by atoms with Crippen molar-refractivity contribution < 1.29 is 23.8 Å². The zero-order valence-electron chi connectivity index (χ0n) is 23.1. The van der Waals surface area contributed by atoms with Gasteiger partial charge in [-0.2, -0.15) is 0 Å². The average Bonchev–Trinajstić information content (AvgIpc) is 3.60. The van der Waals surface area contributed by atoms with Crippen LogP contribution in [0.1, 0.15) is 28.3 Å². The van der Waals surface area contributed by atoms with E-state index in [-0.39, 0.29) is 16.3 Å². The molecule has 1 aliphatic heterocycles. The number of rotatable bonds is 8. The van der Waals surface area contributed by atoms with E-state index in [0.717, 1.165) is 23.0 Å². The molecule has 1 atom stereocenters. The number of halogens is 2. The third-order valence-electron chi connectivity index (χ3n) is 6.95. The predicted octanol–water partition coefficient (Wildman–Crippen LogP) is 8.35. The van der Waals surface area contributed by atoms with Crippen molar-refractivity contribution in [2.75, 3.05) is 4.90 Å². The molecule has 1 fully saturated rings. The first-order chi connectivity index (χ1) is 21.3. The number of hydrogen-bond acceptors (Lipinski definition) is 8. The van der Waals surface area contributed by atoms with Crippen molar-refractivity contribution >= 4 is 57.3 Å². The average molecular weight is 644 g/mol. The van der Waals surface area contributed by atoms with Crippen LogP contribution in [-0.4, -0.2) is 27.0 Å². The van der Waals surface area contributed by atoms with Crippen molar-refractivity contribution in [1.29, 1.82) is 0 Å². The Balaban J connectivity index is 1.41. The van der Waals surface area contributed by atoms with E-state index in [1.165, 1.54) is 28.8 Å². The summed E-state index contributed by atoms with van der Waals surface area (Å²) in [5.74, 6) is -1.30. The van der Waals surface area contributed by atoms with Crippen LogP contribution in [0.2, 0.25) is 5.02 Å². The Hall–Kier alpha value is -4.51. The third-order valence-corrected chi connectivity index (χ3v) is 9.43. The van der Waals surface area contributed by atoms with E-state index in [9.17, 15) is 19.1 Å². The van der Waals surface area contributed by atoms with E-state index < -0.39 is 29.3 Å². The molecule has 2 heterocycles. The molecule has 0 spiro atoms. The summed E-state index contributed by atoms with van der Waals surface area (Å²) < 4.78 is 21.1. The summed E-state index contributed by atoms with van der Waals surface area (Å²) in [6.07, 6.45) is 0. The number of para-hydroxylation sites is 1.